The number of hydrogen-bond donors (Lipinski definition) is 1. The predicted octanol–water partition coefficient (Wildman–Crippen LogP) is 4.59. The summed E-state index contributed by atoms with van der Waals surface area (Å²) in [7, 11) is 0. The molecule has 1 aromatic rings. The summed E-state index contributed by atoms with van der Waals surface area (Å²) in [6.45, 7) is 13.3. The van der Waals surface area contributed by atoms with Gasteiger partial charge in [0.05, 0.1) is 0 Å². The summed E-state index contributed by atoms with van der Waals surface area (Å²) in [4.78, 5) is 2.48. The molecule has 2 heteroatoms. The van der Waals surface area contributed by atoms with Crippen LogP contribution < -0.4 is 5.32 Å². The van der Waals surface area contributed by atoms with Crippen LogP contribution in [0.25, 0.3) is 0 Å². The van der Waals surface area contributed by atoms with E-state index in [-0.39, 0.29) is 0 Å². The number of benzene rings is 1. The minimum absolute atomic E-state index is 0.659. The molecule has 0 aromatic heterocycles. The van der Waals surface area contributed by atoms with Crippen molar-refractivity contribution in [3.63, 3.8) is 0 Å². The van der Waals surface area contributed by atoms with Crippen LogP contribution in [-0.4, -0.2) is 24.0 Å². The van der Waals surface area contributed by atoms with Gasteiger partial charge in [-0.05, 0) is 37.1 Å². The highest BCUT2D eigenvalue weighted by Crippen LogP contribution is 2.13. The largest absolute Gasteiger partial charge is 0.310 e. The topological polar surface area (TPSA) is 15.3 Å². The molecule has 0 aliphatic rings. The molecule has 120 valence electrons. The average molecular weight is 290 g/mol. The van der Waals surface area contributed by atoms with Crippen molar-refractivity contribution >= 4 is 0 Å². The summed E-state index contributed by atoms with van der Waals surface area (Å²) >= 11 is 0. The molecule has 0 saturated heterocycles. The third-order valence-electron chi connectivity index (χ3n) is 4.39. The Morgan fingerprint density at radius 2 is 1.67 bits per heavy atom. The van der Waals surface area contributed by atoms with Crippen LogP contribution in [0, 0.1) is 0 Å². The zero-order valence-electron chi connectivity index (χ0n) is 14.5. The molecule has 0 fully saturated rings. The quantitative estimate of drug-likeness (QED) is 0.641. The summed E-state index contributed by atoms with van der Waals surface area (Å²) in [5, 5.41) is 3.75. The normalized spacial score (nSPS) is 12.8. The van der Waals surface area contributed by atoms with Gasteiger partial charge in [0.1, 0.15) is 0 Å². The maximum Gasteiger partial charge on any atom is 0.0236 e. The van der Waals surface area contributed by atoms with Gasteiger partial charge < -0.3 is 5.32 Å². The van der Waals surface area contributed by atoms with Gasteiger partial charge in [-0.15, -0.1) is 0 Å². The van der Waals surface area contributed by atoms with Crippen LogP contribution >= 0.6 is 0 Å². The number of nitrogens with one attached hydrogen (secondary N) is 1. The van der Waals surface area contributed by atoms with Crippen molar-refractivity contribution in [2.45, 2.75) is 72.5 Å². The van der Waals surface area contributed by atoms with Gasteiger partial charge in [0.2, 0.25) is 0 Å². The van der Waals surface area contributed by atoms with Crippen molar-refractivity contribution in [1.29, 1.82) is 0 Å². The molecule has 0 aliphatic carbocycles. The molecule has 1 N–H and O–H groups in total. The van der Waals surface area contributed by atoms with E-state index < -0.39 is 0 Å². The fourth-order valence-corrected chi connectivity index (χ4v) is 2.73. The zero-order valence-corrected chi connectivity index (χ0v) is 14.5. The summed E-state index contributed by atoms with van der Waals surface area (Å²) in [5.74, 6) is 0. The van der Waals surface area contributed by atoms with Crippen LogP contribution in [0.15, 0.2) is 24.3 Å². The van der Waals surface area contributed by atoms with E-state index in [9.17, 15) is 0 Å². The smallest absolute Gasteiger partial charge is 0.0236 e. The lowest BCUT2D eigenvalue weighted by Gasteiger charge is -2.22. The van der Waals surface area contributed by atoms with Gasteiger partial charge in [0.25, 0.3) is 0 Å². The van der Waals surface area contributed by atoms with E-state index in [0.717, 1.165) is 26.2 Å². The van der Waals surface area contributed by atoms with Crippen molar-refractivity contribution in [3.05, 3.63) is 35.4 Å². The number of rotatable bonds is 11. The lowest BCUT2D eigenvalue weighted by molar-refractivity contribution is 0.294. The molecule has 0 radical (unpaired) electrons. The molecule has 1 aromatic carbocycles. The monoisotopic (exact) mass is 290 g/mol. The molecule has 1 unspecified atom stereocenters. The van der Waals surface area contributed by atoms with Crippen LogP contribution in [0.5, 0.6) is 0 Å². The highest BCUT2D eigenvalue weighted by Gasteiger charge is 2.09. The Hall–Kier alpha value is -0.860. The van der Waals surface area contributed by atoms with Gasteiger partial charge >= 0.3 is 0 Å². The molecular weight excluding hydrogens is 256 g/mol. The standard InChI is InChI=1S/C19H34N2/c1-5-9-14-19(6-2)20-15-17-12-10-11-13-18(17)16-21(7-3)8-4/h10-13,19-20H,5-9,14-16H2,1-4H3. The Bertz CT molecular complexity index is 372. The SMILES string of the molecule is CCCCC(CC)NCc1ccccc1CN(CC)CC. The number of nitrogens with zero attached hydrogens (tertiary/aromatic N) is 1. The van der Waals surface area contributed by atoms with Crippen LogP contribution in [0.3, 0.4) is 0 Å². The zero-order chi connectivity index (χ0) is 15.5. The second kappa shape index (κ2) is 10.8. The Morgan fingerprint density at radius 3 is 2.24 bits per heavy atom. The van der Waals surface area contributed by atoms with Gasteiger partial charge in [-0.3, -0.25) is 4.90 Å². The van der Waals surface area contributed by atoms with Crippen molar-refractivity contribution in [1.82, 2.24) is 10.2 Å². The molecular formula is C19H34N2. The van der Waals surface area contributed by atoms with Crippen molar-refractivity contribution in [2.24, 2.45) is 0 Å². The first-order chi connectivity index (χ1) is 10.2. The summed E-state index contributed by atoms with van der Waals surface area (Å²) in [6.07, 6.45) is 5.13. The first kappa shape index (κ1) is 18.2. The second-order valence-corrected chi connectivity index (χ2v) is 5.86. The van der Waals surface area contributed by atoms with Crippen LogP contribution in [0.1, 0.15) is 64.5 Å². The lowest BCUT2D eigenvalue weighted by atomic mass is 10.0. The Morgan fingerprint density at radius 1 is 1.00 bits per heavy atom. The van der Waals surface area contributed by atoms with Crippen molar-refractivity contribution in [2.75, 3.05) is 13.1 Å². The summed E-state index contributed by atoms with van der Waals surface area (Å²) in [5.41, 5.74) is 2.93. The van der Waals surface area contributed by atoms with Gasteiger partial charge in [-0.25, -0.2) is 0 Å². The molecule has 0 aliphatic heterocycles. The first-order valence-electron chi connectivity index (χ1n) is 8.77. The van der Waals surface area contributed by atoms with E-state index >= 15 is 0 Å². The Balaban J connectivity index is 2.61. The third-order valence-corrected chi connectivity index (χ3v) is 4.39. The maximum atomic E-state index is 3.75. The number of hydrogen-bond acceptors (Lipinski definition) is 2. The van der Waals surface area contributed by atoms with Gasteiger partial charge in [0.15, 0.2) is 0 Å². The van der Waals surface area contributed by atoms with E-state index in [1.54, 1.807) is 0 Å². The minimum Gasteiger partial charge on any atom is -0.310 e. The molecule has 2 nitrogen and oxygen atoms in total. The summed E-state index contributed by atoms with van der Waals surface area (Å²) in [6, 6.07) is 9.54. The van der Waals surface area contributed by atoms with Crippen molar-refractivity contribution in [3.8, 4) is 0 Å². The van der Waals surface area contributed by atoms with E-state index in [0.29, 0.717) is 6.04 Å². The Labute approximate surface area is 131 Å². The minimum atomic E-state index is 0.659. The fraction of sp³-hybridized carbons (Fsp3) is 0.684. The highest BCUT2D eigenvalue weighted by atomic mass is 15.1. The average Bonchev–Trinajstić information content (AvgIpc) is 2.53. The highest BCUT2D eigenvalue weighted by molar-refractivity contribution is 5.27. The number of unbranched alkanes of at least 4 members (excludes halogenated alkanes) is 1. The van der Waals surface area contributed by atoms with E-state index in [1.807, 2.05) is 0 Å². The van der Waals surface area contributed by atoms with Gasteiger partial charge in [-0.1, -0.05) is 64.8 Å². The van der Waals surface area contributed by atoms with E-state index in [2.05, 4.69) is 62.2 Å². The van der Waals surface area contributed by atoms with Crippen LogP contribution in [-0.2, 0) is 13.1 Å². The van der Waals surface area contributed by atoms with Crippen LogP contribution in [0.4, 0.5) is 0 Å². The van der Waals surface area contributed by atoms with E-state index in [4.69, 9.17) is 0 Å². The molecule has 0 heterocycles. The lowest BCUT2D eigenvalue weighted by Crippen LogP contribution is -2.29. The van der Waals surface area contributed by atoms with Gasteiger partial charge in [0, 0.05) is 19.1 Å². The molecule has 21 heavy (non-hydrogen) atoms. The molecule has 1 rings (SSSR count). The second-order valence-electron chi connectivity index (χ2n) is 5.86. The molecule has 1 atom stereocenters. The molecule has 0 amide bonds. The third kappa shape index (κ3) is 6.62. The van der Waals surface area contributed by atoms with Crippen molar-refractivity contribution < 1.29 is 0 Å². The first-order valence-corrected chi connectivity index (χ1v) is 8.77. The van der Waals surface area contributed by atoms with Gasteiger partial charge in [-0.2, -0.15) is 0 Å². The maximum absolute atomic E-state index is 3.75. The summed E-state index contributed by atoms with van der Waals surface area (Å²) < 4.78 is 0. The predicted molar refractivity (Wildman–Crippen MR) is 93.5 cm³/mol. The molecule has 0 spiro atoms. The molecule has 0 saturated carbocycles. The van der Waals surface area contributed by atoms with Crippen LogP contribution in [0.2, 0.25) is 0 Å². The van der Waals surface area contributed by atoms with E-state index in [1.165, 1.54) is 36.8 Å². The molecule has 0 bridgehead atoms. The Kier molecular flexibility index (Phi) is 9.36. The fourth-order valence-electron chi connectivity index (χ4n) is 2.73.